The molecule has 1 atom stereocenters. The van der Waals surface area contributed by atoms with Crippen LogP contribution in [0, 0.1) is 0 Å². The van der Waals surface area contributed by atoms with Crippen molar-refractivity contribution in [1.82, 2.24) is 10.1 Å². The van der Waals surface area contributed by atoms with Crippen LogP contribution in [0.15, 0.2) is 33.4 Å². The van der Waals surface area contributed by atoms with Gasteiger partial charge in [-0.15, -0.1) is 0 Å². The third-order valence-electron chi connectivity index (χ3n) is 4.27. The molecule has 4 rings (SSSR count). The summed E-state index contributed by atoms with van der Waals surface area (Å²) in [4.78, 5) is 14.6. The summed E-state index contributed by atoms with van der Waals surface area (Å²) in [6.07, 6.45) is 4.12. The minimum atomic E-state index is -0.337. The summed E-state index contributed by atoms with van der Waals surface area (Å²) in [7, 11) is 0. The summed E-state index contributed by atoms with van der Waals surface area (Å²) in [6, 6.07) is 5.07. The fourth-order valence-electron chi connectivity index (χ4n) is 3.15. The molecule has 0 N–H and O–H groups in total. The Bertz CT molecular complexity index is 660. The molecular weight excluding hydrogens is 300 g/mol. The van der Waals surface area contributed by atoms with Crippen LogP contribution in [0.5, 0.6) is 0 Å². The Morgan fingerprint density at radius 3 is 2.87 bits per heavy atom. The Kier molecular flexibility index (Phi) is 3.88. The van der Waals surface area contributed by atoms with Crippen molar-refractivity contribution in [2.24, 2.45) is 0 Å². The van der Waals surface area contributed by atoms with Gasteiger partial charge in [0, 0.05) is 12.6 Å². The van der Waals surface area contributed by atoms with Crippen molar-refractivity contribution < 1.29 is 23.2 Å². The lowest BCUT2D eigenvalue weighted by molar-refractivity contribution is -0.100. The molecule has 7 heteroatoms. The molecule has 2 fully saturated rings. The fraction of sp³-hybridized carbons (Fsp3) is 0.500. The van der Waals surface area contributed by atoms with E-state index in [4.69, 9.17) is 18.4 Å². The molecule has 2 aromatic rings. The highest BCUT2D eigenvalue weighted by molar-refractivity contribution is 5.93. The maximum Gasteiger partial charge on any atom is 0.276 e. The van der Waals surface area contributed by atoms with E-state index in [0.717, 1.165) is 19.3 Å². The second-order valence-electron chi connectivity index (χ2n) is 5.73. The topological polar surface area (TPSA) is 77.9 Å². The number of carbonyl (C=O) groups is 1. The highest BCUT2D eigenvalue weighted by atomic mass is 16.7. The second-order valence-corrected chi connectivity index (χ2v) is 5.73. The van der Waals surface area contributed by atoms with Gasteiger partial charge in [0.25, 0.3) is 5.91 Å². The van der Waals surface area contributed by atoms with Crippen molar-refractivity contribution in [1.29, 1.82) is 0 Å². The molecule has 7 nitrogen and oxygen atoms in total. The molecule has 23 heavy (non-hydrogen) atoms. The number of aromatic nitrogens is 1. The Balaban J connectivity index is 1.54. The van der Waals surface area contributed by atoms with Crippen molar-refractivity contribution in [3.8, 4) is 11.5 Å². The van der Waals surface area contributed by atoms with Gasteiger partial charge in [0.2, 0.25) is 5.76 Å². The minimum Gasteiger partial charge on any atom is -0.461 e. The molecule has 0 saturated carbocycles. The first-order valence-corrected chi connectivity index (χ1v) is 7.88. The van der Waals surface area contributed by atoms with Gasteiger partial charge in [-0.3, -0.25) is 4.79 Å². The predicted octanol–water partition coefficient (Wildman–Crippen LogP) is 2.30. The van der Waals surface area contributed by atoms with Crippen molar-refractivity contribution in [2.75, 3.05) is 19.8 Å². The van der Waals surface area contributed by atoms with E-state index in [9.17, 15) is 4.79 Å². The molecular formula is C16H18N2O5. The van der Waals surface area contributed by atoms with Gasteiger partial charge in [-0.1, -0.05) is 5.16 Å². The molecule has 0 bridgehead atoms. The van der Waals surface area contributed by atoms with E-state index in [-0.39, 0.29) is 23.9 Å². The molecule has 2 aliphatic rings. The molecule has 2 aliphatic heterocycles. The van der Waals surface area contributed by atoms with Crippen LogP contribution in [-0.4, -0.2) is 48.1 Å². The molecule has 1 amide bonds. The number of piperidine rings is 1. The van der Waals surface area contributed by atoms with Gasteiger partial charge in [-0.25, -0.2) is 0 Å². The number of amides is 1. The van der Waals surface area contributed by atoms with Crippen LogP contribution in [0.2, 0.25) is 0 Å². The van der Waals surface area contributed by atoms with Crippen LogP contribution < -0.4 is 0 Å². The number of ether oxygens (including phenoxy) is 2. The molecule has 0 radical (unpaired) electrons. The Morgan fingerprint density at radius 2 is 2.09 bits per heavy atom. The third-order valence-corrected chi connectivity index (χ3v) is 4.27. The Morgan fingerprint density at radius 1 is 1.22 bits per heavy atom. The highest BCUT2D eigenvalue weighted by Crippen LogP contribution is 2.27. The second kappa shape index (κ2) is 6.17. The first-order chi connectivity index (χ1) is 11.3. The van der Waals surface area contributed by atoms with Gasteiger partial charge in [-0.2, -0.15) is 0 Å². The summed E-state index contributed by atoms with van der Waals surface area (Å²) >= 11 is 0. The maximum atomic E-state index is 12.8. The molecule has 0 unspecified atom stereocenters. The lowest BCUT2D eigenvalue weighted by Gasteiger charge is -2.37. The fourth-order valence-corrected chi connectivity index (χ4v) is 3.15. The van der Waals surface area contributed by atoms with E-state index < -0.39 is 0 Å². The zero-order chi connectivity index (χ0) is 15.6. The lowest BCUT2D eigenvalue weighted by atomic mass is 10.0. The first-order valence-electron chi connectivity index (χ1n) is 7.88. The summed E-state index contributed by atoms with van der Waals surface area (Å²) in [5, 5.41) is 3.90. The van der Waals surface area contributed by atoms with Crippen LogP contribution in [0.4, 0.5) is 0 Å². The smallest absolute Gasteiger partial charge is 0.276 e. The lowest BCUT2D eigenvalue weighted by Crippen LogP contribution is -2.50. The third kappa shape index (κ3) is 2.77. The summed E-state index contributed by atoms with van der Waals surface area (Å²) in [5.41, 5.74) is 0.279. The zero-order valence-corrected chi connectivity index (χ0v) is 12.6. The van der Waals surface area contributed by atoms with Gasteiger partial charge in [0.05, 0.1) is 25.5 Å². The molecule has 4 heterocycles. The van der Waals surface area contributed by atoms with Crippen molar-refractivity contribution in [2.45, 2.75) is 31.6 Å². The van der Waals surface area contributed by atoms with Crippen LogP contribution in [-0.2, 0) is 9.47 Å². The Hall–Kier alpha value is -2.12. The summed E-state index contributed by atoms with van der Waals surface area (Å²) in [5.74, 6) is 0.838. The van der Waals surface area contributed by atoms with E-state index in [2.05, 4.69) is 5.16 Å². The quantitative estimate of drug-likeness (QED) is 0.864. The largest absolute Gasteiger partial charge is 0.461 e. The van der Waals surface area contributed by atoms with E-state index in [1.165, 1.54) is 0 Å². The van der Waals surface area contributed by atoms with Crippen molar-refractivity contribution in [3.05, 3.63) is 30.2 Å². The molecule has 0 aliphatic carbocycles. The van der Waals surface area contributed by atoms with Gasteiger partial charge >= 0.3 is 0 Å². The standard InChI is InChI=1S/C16H18N2O5/c19-15(11-10-14(23-17-11)13-5-3-7-20-13)18-6-2-1-4-12(18)16-21-8-9-22-16/h3,5,7,10,12,16H,1-2,4,6,8-9H2/t12-/m1/s1. The molecule has 2 aromatic heterocycles. The van der Waals surface area contributed by atoms with Crippen LogP contribution in [0.25, 0.3) is 11.5 Å². The number of furan rings is 1. The van der Waals surface area contributed by atoms with E-state index in [1.807, 2.05) is 0 Å². The van der Waals surface area contributed by atoms with Gasteiger partial charge in [0.1, 0.15) is 0 Å². The number of likely N-dealkylation sites (tertiary alicyclic amines) is 1. The molecule has 2 saturated heterocycles. The predicted molar refractivity (Wildman–Crippen MR) is 78.6 cm³/mol. The molecule has 0 aromatic carbocycles. The normalized spacial score (nSPS) is 22.6. The van der Waals surface area contributed by atoms with E-state index in [1.54, 1.807) is 29.4 Å². The summed E-state index contributed by atoms with van der Waals surface area (Å²) in [6.45, 7) is 1.83. The van der Waals surface area contributed by atoms with Gasteiger partial charge < -0.3 is 23.3 Å². The number of hydrogen-bond acceptors (Lipinski definition) is 6. The van der Waals surface area contributed by atoms with Crippen LogP contribution in [0.3, 0.4) is 0 Å². The minimum absolute atomic E-state index is 0.0671. The van der Waals surface area contributed by atoms with Crippen molar-refractivity contribution >= 4 is 5.91 Å². The number of rotatable bonds is 3. The van der Waals surface area contributed by atoms with Gasteiger partial charge in [0.15, 0.2) is 17.7 Å². The maximum absolute atomic E-state index is 12.8. The monoisotopic (exact) mass is 318 g/mol. The average Bonchev–Trinajstić information content (AvgIpc) is 3.35. The van der Waals surface area contributed by atoms with Crippen LogP contribution in [0.1, 0.15) is 29.8 Å². The number of hydrogen-bond donors (Lipinski definition) is 0. The SMILES string of the molecule is O=C(c1cc(-c2ccco2)on1)N1CCCC[C@@H]1C1OCCO1. The first kappa shape index (κ1) is 14.5. The summed E-state index contributed by atoms with van der Waals surface area (Å²) < 4.78 is 21.7. The molecule has 0 spiro atoms. The van der Waals surface area contributed by atoms with E-state index >= 15 is 0 Å². The zero-order valence-electron chi connectivity index (χ0n) is 12.6. The highest BCUT2D eigenvalue weighted by Gasteiger charge is 2.37. The number of carbonyl (C=O) groups excluding carboxylic acids is 1. The average molecular weight is 318 g/mol. The van der Waals surface area contributed by atoms with Gasteiger partial charge in [-0.05, 0) is 31.4 Å². The van der Waals surface area contributed by atoms with Crippen molar-refractivity contribution in [3.63, 3.8) is 0 Å². The number of nitrogens with zero attached hydrogens (tertiary/aromatic N) is 2. The Labute approximate surface area is 133 Å². The molecule has 122 valence electrons. The van der Waals surface area contributed by atoms with Crippen LogP contribution >= 0.6 is 0 Å². The van der Waals surface area contributed by atoms with E-state index in [0.29, 0.717) is 31.3 Å².